The van der Waals surface area contributed by atoms with Gasteiger partial charge in [-0.2, -0.15) is 0 Å². The first-order valence-corrected chi connectivity index (χ1v) is 24.2. The number of aryl methyl sites for hydroxylation is 2. The van der Waals surface area contributed by atoms with Crippen molar-refractivity contribution in [3.8, 4) is 0 Å². The Kier molecular flexibility index (Phi) is 21.7. The second-order valence-corrected chi connectivity index (χ2v) is 18.8. The van der Waals surface area contributed by atoms with Gasteiger partial charge in [0.1, 0.15) is 6.10 Å². The van der Waals surface area contributed by atoms with Crippen LogP contribution in [0.5, 0.6) is 0 Å². The molecule has 58 heavy (non-hydrogen) atoms. The van der Waals surface area contributed by atoms with E-state index in [0.717, 1.165) is 44.9 Å². The van der Waals surface area contributed by atoms with Crippen LogP contribution in [-0.4, -0.2) is 28.9 Å². The van der Waals surface area contributed by atoms with Gasteiger partial charge in [-0.05, 0) is 148 Å². The van der Waals surface area contributed by atoms with E-state index in [2.05, 4.69) is 79.7 Å². The highest BCUT2D eigenvalue weighted by Gasteiger charge is 2.64. The van der Waals surface area contributed by atoms with Crippen molar-refractivity contribution in [1.82, 2.24) is 0 Å². The predicted octanol–water partition coefficient (Wildman–Crippen LogP) is 15.1. The summed E-state index contributed by atoms with van der Waals surface area (Å²) in [6.45, 7) is 37.7. The zero-order valence-corrected chi connectivity index (χ0v) is 41.1. The largest absolute Gasteiger partial charge is 0.481 e. The molecule has 5 aliphatic carbocycles. The minimum atomic E-state index is -1.11. The van der Waals surface area contributed by atoms with Crippen molar-refractivity contribution >= 4 is 17.7 Å². The third-order valence-corrected chi connectivity index (χ3v) is 15.0. The Morgan fingerprint density at radius 1 is 0.828 bits per heavy atom. The molecule has 0 heterocycles. The van der Waals surface area contributed by atoms with E-state index < -0.39 is 11.4 Å². The molecule has 1 aromatic carbocycles. The number of esters is 1. The van der Waals surface area contributed by atoms with E-state index in [9.17, 15) is 19.5 Å². The van der Waals surface area contributed by atoms with Crippen molar-refractivity contribution in [2.45, 2.75) is 214 Å². The van der Waals surface area contributed by atoms with Gasteiger partial charge >= 0.3 is 11.9 Å². The normalized spacial score (nSPS) is 31.8. The van der Waals surface area contributed by atoms with Crippen molar-refractivity contribution in [1.29, 1.82) is 0 Å². The lowest BCUT2D eigenvalue weighted by Gasteiger charge is -2.67. The van der Waals surface area contributed by atoms with Crippen molar-refractivity contribution in [3.63, 3.8) is 0 Å². The smallest absolute Gasteiger partial charge is 0.309 e. The summed E-state index contributed by atoms with van der Waals surface area (Å²) in [7, 11) is 0. The van der Waals surface area contributed by atoms with Crippen molar-refractivity contribution < 1.29 is 24.2 Å². The molecule has 0 amide bonds. The quantitative estimate of drug-likeness (QED) is 0.265. The lowest BCUT2D eigenvalue weighted by atomic mass is 9.38. The summed E-state index contributed by atoms with van der Waals surface area (Å²) >= 11 is 0. The van der Waals surface area contributed by atoms with Crippen LogP contribution < -0.4 is 0 Å². The number of ether oxygens (including phenoxy) is 1. The zero-order valence-electron chi connectivity index (χ0n) is 41.1. The Hall–Kier alpha value is -2.43. The molecule has 5 heteroatoms. The molecule has 0 radical (unpaired) electrons. The summed E-state index contributed by atoms with van der Waals surface area (Å²) in [6, 6.07) is 8.66. The van der Waals surface area contributed by atoms with E-state index in [1.54, 1.807) is 19.4 Å². The second-order valence-electron chi connectivity index (χ2n) is 18.8. The van der Waals surface area contributed by atoms with Crippen LogP contribution in [0.15, 0.2) is 35.4 Å². The molecular formula is C53H92O5. The van der Waals surface area contributed by atoms with E-state index in [0.29, 0.717) is 35.4 Å². The van der Waals surface area contributed by atoms with Gasteiger partial charge in [-0.25, -0.2) is 0 Å². The Morgan fingerprint density at radius 3 is 1.88 bits per heavy atom. The zero-order chi connectivity index (χ0) is 44.8. The Morgan fingerprint density at radius 2 is 1.36 bits per heavy atom. The standard InChI is InChI=1S/C36H56O5.C9H12.4C2H6/c1-9-15-36-18-13-25-23(31(36)30(21(2)3)26(37)19-36)10-11-28-34(7)17-14-27(22(4)24(34)12-16-35(25,28)8)41-29(38)20-33(5,6)32(39)40;1-3-9-6-4-8(2)5-7-9;4*1-2/h21-25,27-28H,9-20H2,1-8H3,(H,39,40);4-7H,3H2,1-2H3;4*1-2H3. The number of carbonyl (C=O) groups excluding carboxylic acids is 2. The average Bonchev–Trinajstić information content (AvgIpc) is 3.51. The number of ketones is 1. The topological polar surface area (TPSA) is 80.7 Å². The van der Waals surface area contributed by atoms with Crippen LogP contribution in [0.4, 0.5) is 0 Å². The molecule has 0 saturated heterocycles. The fourth-order valence-corrected chi connectivity index (χ4v) is 12.4. The number of Topliss-reactive ketones (excluding diaryl/α,β-unsaturated/α-hetero) is 1. The number of carbonyl (C=O) groups is 3. The van der Waals surface area contributed by atoms with E-state index in [4.69, 9.17) is 4.74 Å². The SMILES string of the molecule is CC.CC.CC.CC.CCCC12CCC3C(CCC4C3(C)CCC3C(C)C(OC(=O)CC(C)(C)C(=O)O)CCC34C)C1=C(C(C)C)C(=O)C2.CCc1ccc(C)cc1. The van der Waals surface area contributed by atoms with Gasteiger partial charge in [-0.15, -0.1) is 0 Å². The summed E-state index contributed by atoms with van der Waals surface area (Å²) in [5.41, 5.74) is 5.09. The van der Waals surface area contributed by atoms with E-state index >= 15 is 0 Å². The Labute approximate surface area is 358 Å². The molecule has 6 rings (SSSR count). The highest BCUT2D eigenvalue weighted by atomic mass is 16.5. The summed E-state index contributed by atoms with van der Waals surface area (Å²) in [5, 5.41) is 9.47. The Bertz CT molecular complexity index is 1450. The average molecular weight is 809 g/mol. The van der Waals surface area contributed by atoms with Gasteiger partial charge in [0.2, 0.25) is 0 Å². The van der Waals surface area contributed by atoms with Gasteiger partial charge in [0.05, 0.1) is 11.8 Å². The number of benzene rings is 1. The Balaban J connectivity index is 0.000000842. The molecule has 334 valence electrons. The highest BCUT2D eigenvalue weighted by molar-refractivity contribution is 6.00. The molecule has 1 aromatic rings. The summed E-state index contributed by atoms with van der Waals surface area (Å²) in [4.78, 5) is 37.8. The molecule has 9 unspecified atom stereocenters. The van der Waals surface area contributed by atoms with Crippen LogP contribution in [0.25, 0.3) is 0 Å². The number of rotatable bonds is 8. The van der Waals surface area contributed by atoms with Crippen LogP contribution in [0, 0.1) is 64.1 Å². The van der Waals surface area contributed by atoms with Gasteiger partial charge in [0.15, 0.2) is 5.78 Å². The number of fused-ring (bicyclic) bond motifs is 7. The molecule has 0 aromatic heterocycles. The molecule has 4 saturated carbocycles. The third kappa shape index (κ3) is 11.3. The first kappa shape index (κ1) is 53.6. The van der Waals surface area contributed by atoms with Gasteiger partial charge < -0.3 is 9.84 Å². The summed E-state index contributed by atoms with van der Waals surface area (Å²) < 4.78 is 6.02. The lowest BCUT2D eigenvalue weighted by molar-refractivity contribution is -0.192. The van der Waals surface area contributed by atoms with Gasteiger partial charge in [0.25, 0.3) is 0 Å². The monoisotopic (exact) mass is 809 g/mol. The number of carboxylic acids is 1. The fraction of sp³-hybridized carbons (Fsp3) is 0.792. The second kappa shape index (κ2) is 23.5. The minimum Gasteiger partial charge on any atom is -0.481 e. The highest BCUT2D eigenvalue weighted by Crippen LogP contribution is 2.72. The maximum atomic E-state index is 13.5. The maximum absolute atomic E-state index is 13.5. The number of hydrogen-bond donors (Lipinski definition) is 1. The van der Waals surface area contributed by atoms with Crippen LogP contribution in [0.1, 0.15) is 206 Å². The minimum absolute atomic E-state index is 0.0898. The van der Waals surface area contributed by atoms with E-state index in [-0.39, 0.29) is 40.7 Å². The van der Waals surface area contributed by atoms with Crippen molar-refractivity contribution in [2.75, 3.05) is 0 Å². The molecule has 0 aliphatic heterocycles. The fourth-order valence-electron chi connectivity index (χ4n) is 12.4. The van der Waals surface area contributed by atoms with Crippen LogP contribution in [0.2, 0.25) is 0 Å². The maximum Gasteiger partial charge on any atom is 0.309 e. The molecule has 1 N–H and O–H groups in total. The van der Waals surface area contributed by atoms with Gasteiger partial charge in [-0.3, -0.25) is 14.4 Å². The van der Waals surface area contributed by atoms with Gasteiger partial charge in [0, 0.05) is 6.42 Å². The molecule has 0 bridgehead atoms. The van der Waals surface area contributed by atoms with Crippen LogP contribution in [-0.2, 0) is 25.5 Å². The summed E-state index contributed by atoms with van der Waals surface area (Å²) in [5.74, 6) is 2.08. The number of hydrogen-bond acceptors (Lipinski definition) is 4. The molecule has 5 aliphatic rings. The molecule has 0 spiro atoms. The van der Waals surface area contributed by atoms with Crippen LogP contribution >= 0.6 is 0 Å². The summed E-state index contributed by atoms with van der Waals surface area (Å²) in [6.07, 6.45) is 13.2. The number of allylic oxidation sites excluding steroid dienone is 2. The predicted molar refractivity (Wildman–Crippen MR) is 247 cm³/mol. The molecule has 5 nitrogen and oxygen atoms in total. The third-order valence-electron chi connectivity index (χ3n) is 15.0. The first-order chi connectivity index (χ1) is 27.4. The lowest BCUT2D eigenvalue weighted by Crippen LogP contribution is -2.60. The van der Waals surface area contributed by atoms with Crippen molar-refractivity contribution in [2.24, 2.45) is 57.2 Å². The number of carboxylic acid groups (broad SMARTS) is 1. The molecule has 9 atom stereocenters. The molecule has 4 fully saturated rings. The first-order valence-electron chi connectivity index (χ1n) is 24.2. The van der Waals surface area contributed by atoms with E-state index in [1.165, 1.54) is 48.8 Å². The van der Waals surface area contributed by atoms with E-state index in [1.807, 2.05) is 55.4 Å². The van der Waals surface area contributed by atoms with Crippen molar-refractivity contribution in [3.05, 3.63) is 46.5 Å². The number of aliphatic carboxylic acids is 1. The van der Waals surface area contributed by atoms with Gasteiger partial charge in [-0.1, -0.05) is 146 Å². The van der Waals surface area contributed by atoms with Crippen LogP contribution in [0.3, 0.4) is 0 Å². The molecular weight excluding hydrogens is 717 g/mol.